The number of carbonyl (C=O) groups is 1. The Morgan fingerprint density at radius 1 is 1.33 bits per heavy atom. The largest absolute Gasteiger partial charge is 0.480 e. The molecule has 3 nitrogen and oxygen atoms in total. The molecule has 3 N–H and O–H groups in total. The van der Waals surface area contributed by atoms with Gasteiger partial charge < -0.3 is 10.8 Å². The molecule has 1 aromatic rings. The fraction of sp³-hybridized carbons (Fsp3) is 0.417. The molecule has 1 rings (SSSR count). The van der Waals surface area contributed by atoms with E-state index >= 15 is 0 Å². The maximum absolute atomic E-state index is 10.6. The minimum absolute atomic E-state index is 0.383. The molecule has 0 spiro atoms. The lowest BCUT2D eigenvalue weighted by Gasteiger charge is -2.09. The van der Waals surface area contributed by atoms with Crippen LogP contribution in [-0.4, -0.2) is 17.1 Å². The quantitative estimate of drug-likeness (QED) is 0.790. The average Bonchev–Trinajstić information content (AvgIpc) is 2.18. The third-order valence-electron chi connectivity index (χ3n) is 2.42. The highest BCUT2D eigenvalue weighted by Crippen LogP contribution is 2.15. The molecule has 0 bridgehead atoms. The zero-order valence-electron chi connectivity index (χ0n) is 9.10. The molecule has 1 atom stereocenters. The van der Waals surface area contributed by atoms with Crippen LogP contribution < -0.4 is 5.73 Å². The predicted octanol–water partition coefficient (Wildman–Crippen LogP) is 1.76. The van der Waals surface area contributed by atoms with Crippen molar-refractivity contribution in [3.05, 3.63) is 35.4 Å². The van der Waals surface area contributed by atoms with Gasteiger partial charge in [-0.15, -0.1) is 0 Å². The number of nitrogens with two attached hydrogens (primary N) is 1. The standard InChI is InChI=1S/C12H17NO2/c1-8(2)10-5-3-9(4-6-10)7-11(13)12(14)15/h3-6,8,11H,7,13H2,1-2H3,(H,14,15)/t11-/m1/s1. The van der Waals surface area contributed by atoms with Crippen LogP contribution in [0.2, 0.25) is 0 Å². The van der Waals surface area contributed by atoms with E-state index in [9.17, 15) is 4.79 Å². The predicted molar refractivity (Wildman–Crippen MR) is 59.8 cm³/mol. The Bertz CT molecular complexity index is 330. The molecular formula is C12H17NO2. The Morgan fingerprint density at radius 3 is 2.27 bits per heavy atom. The van der Waals surface area contributed by atoms with E-state index in [-0.39, 0.29) is 0 Å². The summed E-state index contributed by atoms with van der Waals surface area (Å²) in [6, 6.07) is 7.12. The van der Waals surface area contributed by atoms with Crippen LogP contribution in [0.4, 0.5) is 0 Å². The molecule has 0 fully saturated rings. The maximum Gasteiger partial charge on any atom is 0.320 e. The first-order valence-electron chi connectivity index (χ1n) is 5.08. The third kappa shape index (κ3) is 3.36. The van der Waals surface area contributed by atoms with E-state index in [0.717, 1.165) is 5.56 Å². The molecule has 82 valence electrons. The van der Waals surface area contributed by atoms with Crippen LogP contribution in [0.3, 0.4) is 0 Å². The molecule has 3 heteroatoms. The summed E-state index contributed by atoms with van der Waals surface area (Å²) in [7, 11) is 0. The summed E-state index contributed by atoms with van der Waals surface area (Å²) in [5.74, 6) is -0.463. The van der Waals surface area contributed by atoms with Crippen molar-refractivity contribution in [3.8, 4) is 0 Å². The lowest BCUT2D eigenvalue weighted by atomic mass is 9.99. The van der Waals surface area contributed by atoms with Crippen molar-refractivity contribution in [2.45, 2.75) is 32.2 Å². The third-order valence-corrected chi connectivity index (χ3v) is 2.42. The van der Waals surface area contributed by atoms with E-state index in [0.29, 0.717) is 12.3 Å². The van der Waals surface area contributed by atoms with Crippen LogP contribution >= 0.6 is 0 Å². The van der Waals surface area contributed by atoms with E-state index in [1.807, 2.05) is 24.3 Å². The Balaban J connectivity index is 2.68. The van der Waals surface area contributed by atoms with Crippen LogP contribution in [0.5, 0.6) is 0 Å². The normalized spacial score (nSPS) is 12.8. The van der Waals surface area contributed by atoms with Gasteiger partial charge in [0.1, 0.15) is 6.04 Å². The molecule has 0 amide bonds. The molecule has 15 heavy (non-hydrogen) atoms. The zero-order valence-corrected chi connectivity index (χ0v) is 9.10. The second kappa shape index (κ2) is 4.94. The van der Waals surface area contributed by atoms with Crippen LogP contribution in [-0.2, 0) is 11.2 Å². The molecule has 0 saturated heterocycles. The first-order valence-corrected chi connectivity index (χ1v) is 5.08. The molecule has 0 aliphatic carbocycles. The summed E-state index contributed by atoms with van der Waals surface area (Å²) in [4.78, 5) is 10.6. The van der Waals surface area contributed by atoms with Crippen molar-refractivity contribution < 1.29 is 9.90 Å². The van der Waals surface area contributed by atoms with Gasteiger partial charge >= 0.3 is 5.97 Å². The molecular weight excluding hydrogens is 190 g/mol. The van der Waals surface area contributed by atoms with Gasteiger partial charge in [-0.2, -0.15) is 0 Å². The van der Waals surface area contributed by atoms with Crippen molar-refractivity contribution in [1.82, 2.24) is 0 Å². The summed E-state index contributed by atoms with van der Waals surface area (Å²) >= 11 is 0. The minimum atomic E-state index is -0.956. The molecule has 0 aromatic heterocycles. The van der Waals surface area contributed by atoms with E-state index < -0.39 is 12.0 Å². The number of aliphatic carboxylic acids is 1. The van der Waals surface area contributed by atoms with E-state index in [2.05, 4.69) is 13.8 Å². The SMILES string of the molecule is CC(C)c1ccc(C[C@@H](N)C(=O)O)cc1. The van der Waals surface area contributed by atoms with Crippen molar-refractivity contribution in [3.63, 3.8) is 0 Å². The van der Waals surface area contributed by atoms with Gasteiger partial charge in [-0.05, 0) is 23.5 Å². The van der Waals surface area contributed by atoms with Crippen LogP contribution in [0, 0.1) is 0 Å². The van der Waals surface area contributed by atoms with Gasteiger partial charge in [0.15, 0.2) is 0 Å². The summed E-state index contributed by atoms with van der Waals surface area (Å²) in [5.41, 5.74) is 7.67. The molecule has 0 aliphatic heterocycles. The zero-order chi connectivity index (χ0) is 11.4. The molecule has 0 heterocycles. The number of carboxylic acid groups (broad SMARTS) is 1. The molecule has 0 saturated carbocycles. The van der Waals surface area contributed by atoms with Crippen LogP contribution in [0.25, 0.3) is 0 Å². The summed E-state index contributed by atoms with van der Waals surface area (Å²) in [5, 5.41) is 8.66. The second-order valence-electron chi connectivity index (χ2n) is 4.05. The highest BCUT2D eigenvalue weighted by molar-refractivity contribution is 5.73. The highest BCUT2D eigenvalue weighted by Gasteiger charge is 2.11. The molecule has 0 unspecified atom stereocenters. The lowest BCUT2D eigenvalue weighted by Crippen LogP contribution is -2.32. The van der Waals surface area contributed by atoms with Crippen molar-refractivity contribution in [2.75, 3.05) is 0 Å². The fourth-order valence-corrected chi connectivity index (χ4v) is 1.38. The Labute approximate surface area is 89.9 Å². The molecule has 0 aliphatic rings. The van der Waals surface area contributed by atoms with Crippen LogP contribution in [0.1, 0.15) is 30.9 Å². The number of benzene rings is 1. The monoisotopic (exact) mass is 207 g/mol. The van der Waals surface area contributed by atoms with Gasteiger partial charge in [-0.25, -0.2) is 0 Å². The first-order chi connectivity index (χ1) is 7.00. The number of hydrogen-bond donors (Lipinski definition) is 2. The van der Waals surface area contributed by atoms with Crippen molar-refractivity contribution >= 4 is 5.97 Å². The van der Waals surface area contributed by atoms with Gasteiger partial charge in [0.05, 0.1) is 0 Å². The second-order valence-corrected chi connectivity index (χ2v) is 4.05. The van der Waals surface area contributed by atoms with Gasteiger partial charge in [-0.3, -0.25) is 4.79 Å². The highest BCUT2D eigenvalue weighted by atomic mass is 16.4. The molecule has 0 radical (unpaired) electrons. The van der Waals surface area contributed by atoms with Gasteiger partial charge in [0.25, 0.3) is 0 Å². The summed E-state index contributed by atoms with van der Waals surface area (Å²) in [6.45, 7) is 4.25. The maximum atomic E-state index is 10.6. The van der Waals surface area contributed by atoms with Crippen LogP contribution in [0.15, 0.2) is 24.3 Å². The van der Waals surface area contributed by atoms with E-state index in [1.165, 1.54) is 5.56 Å². The lowest BCUT2D eigenvalue weighted by molar-refractivity contribution is -0.138. The van der Waals surface area contributed by atoms with Crippen molar-refractivity contribution in [1.29, 1.82) is 0 Å². The van der Waals surface area contributed by atoms with E-state index in [4.69, 9.17) is 10.8 Å². The fourth-order valence-electron chi connectivity index (χ4n) is 1.38. The summed E-state index contributed by atoms with van der Waals surface area (Å²) in [6.07, 6.45) is 0.383. The van der Waals surface area contributed by atoms with E-state index in [1.54, 1.807) is 0 Å². The smallest absolute Gasteiger partial charge is 0.320 e. The molecule has 1 aromatic carbocycles. The van der Waals surface area contributed by atoms with Gasteiger partial charge in [0.2, 0.25) is 0 Å². The Kier molecular flexibility index (Phi) is 3.86. The Morgan fingerprint density at radius 2 is 1.87 bits per heavy atom. The first kappa shape index (κ1) is 11.7. The topological polar surface area (TPSA) is 63.3 Å². The van der Waals surface area contributed by atoms with Crippen molar-refractivity contribution in [2.24, 2.45) is 5.73 Å². The Hall–Kier alpha value is -1.35. The number of hydrogen-bond acceptors (Lipinski definition) is 2. The number of rotatable bonds is 4. The summed E-state index contributed by atoms with van der Waals surface area (Å²) < 4.78 is 0. The number of carboxylic acids is 1. The average molecular weight is 207 g/mol. The minimum Gasteiger partial charge on any atom is -0.480 e. The van der Waals surface area contributed by atoms with Gasteiger partial charge in [-0.1, -0.05) is 38.1 Å². The van der Waals surface area contributed by atoms with Gasteiger partial charge in [0, 0.05) is 0 Å².